The lowest BCUT2D eigenvalue weighted by atomic mass is 10.2. The van der Waals surface area contributed by atoms with Crippen molar-refractivity contribution in [2.24, 2.45) is 0 Å². The summed E-state index contributed by atoms with van der Waals surface area (Å²) in [5, 5.41) is 2.93. The number of urea groups is 1. The molecule has 4 nitrogen and oxygen atoms in total. The monoisotopic (exact) mass is 314 g/mol. The second kappa shape index (κ2) is 6.69. The molecule has 2 aromatic carbocycles. The lowest BCUT2D eigenvalue weighted by Gasteiger charge is -2.21. The van der Waals surface area contributed by atoms with Gasteiger partial charge in [-0.1, -0.05) is 18.2 Å². The van der Waals surface area contributed by atoms with E-state index in [0.717, 1.165) is 12.1 Å². The van der Waals surface area contributed by atoms with Crippen molar-refractivity contribution in [1.29, 1.82) is 0 Å². The van der Waals surface area contributed by atoms with Gasteiger partial charge in [-0.15, -0.1) is 0 Å². The predicted octanol–water partition coefficient (Wildman–Crippen LogP) is 3.37. The molecule has 0 aliphatic carbocycles. The lowest BCUT2D eigenvalue weighted by molar-refractivity contribution is 0.232. The second-order valence-corrected chi connectivity index (χ2v) is 5.65. The summed E-state index contributed by atoms with van der Waals surface area (Å²) in [5.74, 6) is 0.283. The van der Waals surface area contributed by atoms with Crippen LogP contribution >= 0.6 is 0 Å². The minimum Gasteiger partial charge on any atom is -0.491 e. The molecule has 5 heteroatoms. The molecule has 1 unspecified atom stereocenters. The molecule has 0 fully saturated rings. The summed E-state index contributed by atoms with van der Waals surface area (Å²) < 4.78 is 18.4. The highest BCUT2D eigenvalue weighted by Gasteiger charge is 2.24. The maximum Gasteiger partial charge on any atom is 0.322 e. The summed E-state index contributed by atoms with van der Waals surface area (Å²) in [7, 11) is 0. The van der Waals surface area contributed by atoms with Gasteiger partial charge < -0.3 is 10.1 Å². The Kier molecular flexibility index (Phi) is 4.46. The minimum atomic E-state index is -0.300. The first-order chi connectivity index (χ1) is 11.1. The highest BCUT2D eigenvalue weighted by atomic mass is 19.1. The Morgan fingerprint density at radius 3 is 2.78 bits per heavy atom. The van der Waals surface area contributed by atoms with Crippen LogP contribution in [0.4, 0.5) is 14.9 Å². The van der Waals surface area contributed by atoms with Crippen molar-refractivity contribution in [2.75, 3.05) is 18.1 Å². The molecular formula is C18H19FN2O2. The van der Waals surface area contributed by atoms with Gasteiger partial charge in [0.2, 0.25) is 0 Å². The van der Waals surface area contributed by atoms with Gasteiger partial charge in [0, 0.05) is 12.2 Å². The van der Waals surface area contributed by atoms with Crippen LogP contribution in [-0.2, 0) is 6.42 Å². The molecule has 1 aliphatic rings. The maximum atomic E-state index is 12.8. The molecule has 1 N–H and O–H groups in total. The normalized spacial score (nSPS) is 14.3. The summed E-state index contributed by atoms with van der Waals surface area (Å²) in [4.78, 5) is 14.1. The van der Waals surface area contributed by atoms with Gasteiger partial charge in [0.25, 0.3) is 0 Å². The fourth-order valence-electron chi connectivity index (χ4n) is 2.63. The molecule has 23 heavy (non-hydrogen) atoms. The summed E-state index contributed by atoms with van der Waals surface area (Å²) in [6, 6.07) is 13.5. The molecule has 0 radical (unpaired) electrons. The molecule has 0 saturated carbocycles. The van der Waals surface area contributed by atoms with Crippen LogP contribution in [0.1, 0.15) is 12.5 Å². The predicted molar refractivity (Wildman–Crippen MR) is 87.4 cm³/mol. The average Bonchev–Trinajstić information content (AvgIpc) is 2.98. The number of carbonyl (C=O) groups excluding carboxylic acids is 1. The Morgan fingerprint density at radius 2 is 2.00 bits per heavy atom. The van der Waals surface area contributed by atoms with E-state index in [1.807, 2.05) is 31.2 Å². The number of halogens is 1. The zero-order chi connectivity index (χ0) is 16.2. The summed E-state index contributed by atoms with van der Waals surface area (Å²) in [5.41, 5.74) is 2.16. The third-order valence-electron chi connectivity index (χ3n) is 3.82. The number of ether oxygens (including phenoxy) is 1. The van der Waals surface area contributed by atoms with Gasteiger partial charge >= 0.3 is 6.03 Å². The molecule has 0 bridgehead atoms. The van der Waals surface area contributed by atoms with Gasteiger partial charge in [0.1, 0.15) is 18.2 Å². The van der Waals surface area contributed by atoms with Crippen LogP contribution in [-0.4, -0.2) is 25.2 Å². The summed E-state index contributed by atoms with van der Waals surface area (Å²) in [6.45, 7) is 2.90. The molecule has 0 spiro atoms. The molecular weight excluding hydrogens is 295 g/mol. The zero-order valence-corrected chi connectivity index (χ0v) is 13.0. The maximum absolute atomic E-state index is 12.8. The van der Waals surface area contributed by atoms with Crippen molar-refractivity contribution in [1.82, 2.24) is 5.32 Å². The van der Waals surface area contributed by atoms with Crippen LogP contribution in [0.15, 0.2) is 48.5 Å². The molecule has 120 valence electrons. The number of hydrogen-bond donors (Lipinski definition) is 1. The first-order valence-electron chi connectivity index (χ1n) is 7.68. The quantitative estimate of drug-likeness (QED) is 0.940. The number of hydrogen-bond acceptors (Lipinski definition) is 2. The molecule has 0 aromatic heterocycles. The average molecular weight is 314 g/mol. The van der Waals surface area contributed by atoms with E-state index in [0.29, 0.717) is 18.9 Å². The molecule has 1 heterocycles. The first-order valence-corrected chi connectivity index (χ1v) is 7.68. The number of para-hydroxylation sites is 1. The Morgan fingerprint density at radius 1 is 1.26 bits per heavy atom. The molecule has 2 aromatic rings. The highest BCUT2D eigenvalue weighted by molar-refractivity contribution is 5.94. The minimum absolute atomic E-state index is 0.120. The first kappa shape index (κ1) is 15.3. The Bertz CT molecular complexity index is 688. The molecule has 2 amide bonds. The molecule has 3 rings (SSSR count). The van der Waals surface area contributed by atoms with Gasteiger partial charge in [-0.2, -0.15) is 0 Å². The van der Waals surface area contributed by atoms with Gasteiger partial charge in [0.15, 0.2) is 0 Å². The van der Waals surface area contributed by atoms with Crippen molar-refractivity contribution in [2.45, 2.75) is 19.4 Å². The van der Waals surface area contributed by atoms with Gasteiger partial charge in [-0.3, -0.25) is 4.90 Å². The number of amides is 2. The largest absolute Gasteiger partial charge is 0.491 e. The van der Waals surface area contributed by atoms with Crippen molar-refractivity contribution in [3.8, 4) is 5.75 Å². The number of rotatable bonds is 4. The van der Waals surface area contributed by atoms with Crippen LogP contribution in [0.5, 0.6) is 5.75 Å². The molecule has 1 aliphatic heterocycles. The van der Waals surface area contributed by atoms with E-state index in [4.69, 9.17) is 4.74 Å². The van der Waals surface area contributed by atoms with E-state index in [1.54, 1.807) is 17.0 Å². The van der Waals surface area contributed by atoms with Crippen molar-refractivity contribution in [3.63, 3.8) is 0 Å². The lowest BCUT2D eigenvalue weighted by Crippen LogP contribution is -2.45. The van der Waals surface area contributed by atoms with Crippen LogP contribution in [0.3, 0.4) is 0 Å². The number of fused-ring (bicyclic) bond motifs is 1. The van der Waals surface area contributed by atoms with Gasteiger partial charge in [-0.05, 0) is 49.2 Å². The van der Waals surface area contributed by atoms with Gasteiger partial charge in [0.05, 0.1) is 6.04 Å². The van der Waals surface area contributed by atoms with Crippen molar-refractivity contribution >= 4 is 11.7 Å². The van der Waals surface area contributed by atoms with E-state index in [1.165, 1.54) is 17.7 Å². The standard InChI is InChI=1S/C18H19FN2O2/c1-13(12-23-16-8-6-15(19)7-9-16)20-18(22)21-11-10-14-4-2-3-5-17(14)21/h2-9,13H,10-12H2,1H3,(H,20,22). The molecule has 0 saturated heterocycles. The third kappa shape index (κ3) is 3.62. The van der Waals surface area contributed by atoms with E-state index in [-0.39, 0.29) is 17.9 Å². The Labute approximate surface area is 134 Å². The van der Waals surface area contributed by atoms with E-state index >= 15 is 0 Å². The third-order valence-corrected chi connectivity index (χ3v) is 3.82. The van der Waals surface area contributed by atoms with E-state index in [2.05, 4.69) is 5.32 Å². The van der Waals surface area contributed by atoms with E-state index in [9.17, 15) is 9.18 Å². The molecule has 1 atom stereocenters. The number of benzene rings is 2. The number of nitrogens with zero attached hydrogens (tertiary/aromatic N) is 1. The van der Waals surface area contributed by atoms with Crippen molar-refractivity contribution in [3.05, 3.63) is 59.9 Å². The SMILES string of the molecule is CC(COc1ccc(F)cc1)NC(=O)N1CCc2ccccc21. The summed E-state index contributed by atoms with van der Waals surface area (Å²) in [6.07, 6.45) is 0.879. The van der Waals surface area contributed by atoms with Crippen molar-refractivity contribution < 1.29 is 13.9 Å². The van der Waals surface area contributed by atoms with E-state index < -0.39 is 0 Å². The smallest absolute Gasteiger partial charge is 0.322 e. The highest BCUT2D eigenvalue weighted by Crippen LogP contribution is 2.27. The van der Waals surface area contributed by atoms with Crippen LogP contribution < -0.4 is 15.0 Å². The van der Waals surface area contributed by atoms with Crippen LogP contribution in [0, 0.1) is 5.82 Å². The van der Waals surface area contributed by atoms with Crippen LogP contribution in [0.2, 0.25) is 0 Å². The zero-order valence-electron chi connectivity index (χ0n) is 13.0. The fraction of sp³-hybridized carbons (Fsp3) is 0.278. The summed E-state index contributed by atoms with van der Waals surface area (Å²) >= 11 is 0. The second-order valence-electron chi connectivity index (χ2n) is 5.65. The number of carbonyl (C=O) groups is 1. The van der Waals surface area contributed by atoms with Crippen LogP contribution in [0.25, 0.3) is 0 Å². The number of nitrogens with one attached hydrogen (secondary N) is 1. The number of anilines is 1. The fourth-order valence-corrected chi connectivity index (χ4v) is 2.63. The van der Waals surface area contributed by atoms with Gasteiger partial charge in [-0.25, -0.2) is 9.18 Å². The Hall–Kier alpha value is -2.56. The topological polar surface area (TPSA) is 41.6 Å². The Balaban J connectivity index is 1.53.